The molecule has 3 nitrogen and oxygen atoms in total. The molecule has 1 rings (SSSR count). The van der Waals surface area contributed by atoms with E-state index in [4.69, 9.17) is 5.73 Å². The number of rotatable bonds is 5. The van der Waals surface area contributed by atoms with Crippen LogP contribution in [0.2, 0.25) is 0 Å². The van der Waals surface area contributed by atoms with Gasteiger partial charge in [-0.3, -0.25) is 4.98 Å². The summed E-state index contributed by atoms with van der Waals surface area (Å²) >= 11 is 0. The Balaban J connectivity index is 2.64. The molecule has 1 aromatic rings. The van der Waals surface area contributed by atoms with E-state index in [1.54, 1.807) is 0 Å². The van der Waals surface area contributed by atoms with Crippen molar-refractivity contribution in [2.45, 2.75) is 19.8 Å². The standard InChI is InChI=1S/C11H19N3/c1-3-10-9-11(5-7-13-10)14(2)8-4-6-12/h5,7,9H,3-4,6,8,12H2,1-2H3. The van der Waals surface area contributed by atoms with Gasteiger partial charge in [0.2, 0.25) is 0 Å². The Kier molecular flexibility index (Phi) is 4.40. The summed E-state index contributed by atoms with van der Waals surface area (Å²) in [6.07, 6.45) is 3.88. The molecule has 0 bridgehead atoms. The molecule has 78 valence electrons. The molecule has 0 fully saturated rings. The van der Waals surface area contributed by atoms with Crippen LogP contribution in [0, 0.1) is 0 Å². The molecule has 0 unspecified atom stereocenters. The molecule has 0 aliphatic heterocycles. The summed E-state index contributed by atoms with van der Waals surface area (Å²) in [5.41, 5.74) is 7.84. The van der Waals surface area contributed by atoms with E-state index < -0.39 is 0 Å². The van der Waals surface area contributed by atoms with Crippen LogP contribution in [0.4, 0.5) is 5.69 Å². The molecule has 0 atom stereocenters. The molecular formula is C11H19N3. The Hall–Kier alpha value is -1.09. The zero-order valence-electron chi connectivity index (χ0n) is 9.03. The quantitative estimate of drug-likeness (QED) is 0.769. The number of aryl methyl sites for hydroxylation is 1. The zero-order chi connectivity index (χ0) is 10.4. The Labute approximate surface area is 85.9 Å². The van der Waals surface area contributed by atoms with Gasteiger partial charge in [0.05, 0.1) is 0 Å². The molecule has 0 spiro atoms. The molecule has 2 N–H and O–H groups in total. The average molecular weight is 193 g/mol. The van der Waals surface area contributed by atoms with Crippen molar-refractivity contribution in [1.82, 2.24) is 4.98 Å². The number of hydrogen-bond acceptors (Lipinski definition) is 3. The molecule has 0 aliphatic carbocycles. The van der Waals surface area contributed by atoms with Crippen LogP contribution in [0.1, 0.15) is 19.0 Å². The Morgan fingerprint density at radius 3 is 2.93 bits per heavy atom. The minimum absolute atomic E-state index is 0.746. The Morgan fingerprint density at radius 1 is 1.50 bits per heavy atom. The summed E-state index contributed by atoms with van der Waals surface area (Å²) in [5, 5.41) is 0. The van der Waals surface area contributed by atoms with E-state index in [-0.39, 0.29) is 0 Å². The number of nitrogens with zero attached hydrogens (tertiary/aromatic N) is 2. The maximum Gasteiger partial charge on any atom is 0.0421 e. The van der Waals surface area contributed by atoms with E-state index in [0.29, 0.717) is 0 Å². The Morgan fingerprint density at radius 2 is 2.29 bits per heavy atom. The first-order chi connectivity index (χ1) is 6.77. The summed E-state index contributed by atoms with van der Waals surface area (Å²) in [6, 6.07) is 4.17. The van der Waals surface area contributed by atoms with Crippen molar-refractivity contribution in [3.05, 3.63) is 24.0 Å². The normalized spacial score (nSPS) is 10.2. The fourth-order valence-corrected chi connectivity index (χ4v) is 1.35. The molecule has 0 radical (unpaired) electrons. The fraction of sp³-hybridized carbons (Fsp3) is 0.545. The highest BCUT2D eigenvalue weighted by atomic mass is 15.1. The lowest BCUT2D eigenvalue weighted by molar-refractivity contribution is 0.794. The van der Waals surface area contributed by atoms with Gasteiger partial charge in [-0.05, 0) is 31.5 Å². The lowest BCUT2D eigenvalue weighted by Crippen LogP contribution is -2.21. The second-order valence-electron chi connectivity index (χ2n) is 3.42. The van der Waals surface area contributed by atoms with Gasteiger partial charge in [0.25, 0.3) is 0 Å². The van der Waals surface area contributed by atoms with Gasteiger partial charge >= 0.3 is 0 Å². The SMILES string of the molecule is CCc1cc(N(C)CCCN)ccn1. The first-order valence-electron chi connectivity index (χ1n) is 5.14. The highest BCUT2D eigenvalue weighted by Crippen LogP contribution is 2.13. The second-order valence-corrected chi connectivity index (χ2v) is 3.42. The van der Waals surface area contributed by atoms with Crippen LogP contribution in [0.15, 0.2) is 18.3 Å². The van der Waals surface area contributed by atoms with E-state index in [1.807, 2.05) is 12.3 Å². The van der Waals surface area contributed by atoms with E-state index in [9.17, 15) is 0 Å². The van der Waals surface area contributed by atoms with Crippen molar-refractivity contribution in [3.63, 3.8) is 0 Å². The molecule has 0 aliphatic rings. The van der Waals surface area contributed by atoms with Gasteiger partial charge < -0.3 is 10.6 Å². The van der Waals surface area contributed by atoms with E-state index in [2.05, 4.69) is 29.9 Å². The van der Waals surface area contributed by atoms with Gasteiger partial charge in [0, 0.05) is 31.2 Å². The van der Waals surface area contributed by atoms with Crippen LogP contribution in [0.25, 0.3) is 0 Å². The third-order valence-electron chi connectivity index (χ3n) is 2.30. The van der Waals surface area contributed by atoms with Crippen LogP contribution in [0.3, 0.4) is 0 Å². The minimum Gasteiger partial charge on any atom is -0.374 e. The summed E-state index contributed by atoms with van der Waals surface area (Å²) in [7, 11) is 2.09. The van der Waals surface area contributed by atoms with Crippen LogP contribution in [-0.4, -0.2) is 25.1 Å². The third-order valence-corrected chi connectivity index (χ3v) is 2.30. The van der Waals surface area contributed by atoms with Gasteiger partial charge in [-0.15, -0.1) is 0 Å². The molecule has 3 heteroatoms. The minimum atomic E-state index is 0.746. The molecule has 0 aromatic carbocycles. The fourth-order valence-electron chi connectivity index (χ4n) is 1.35. The van der Waals surface area contributed by atoms with Crippen molar-refractivity contribution in [2.24, 2.45) is 5.73 Å². The van der Waals surface area contributed by atoms with Gasteiger partial charge in [0.15, 0.2) is 0 Å². The molecule has 1 aromatic heterocycles. The van der Waals surface area contributed by atoms with E-state index >= 15 is 0 Å². The summed E-state index contributed by atoms with van der Waals surface area (Å²) in [5.74, 6) is 0. The first-order valence-corrected chi connectivity index (χ1v) is 5.14. The van der Waals surface area contributed by atoms with Crippen molar-refractivity contribution < 1.29 is 0 Å². The third kappa shape index (κ3) is 3.00. The number of hydrogen-bond donors (Lipinski definition) is 1. The van der Waals surface area contributed by atoms with Gasteiger partial charge in [-0.25, -0.2) is 0 Å². The van der Waals surface area contributed by atoms with Crippen molar-refractivity contribution >= 4 is 5.69 Å². The van der Waals surface area contributed by atoms with Crippen molar-refractivity contribution in [3.8, 4) is 0 Å². The topological polar surface area (TPSA) is 42.1 Å². The summed E-state index contributed by atoms with van der Waals surface area (Å²) in [4.78, 5) is 6.49. The monoisotopic (exact) mass is 193 g/mol. The highest BCUT2D eigenvalue weighted by Gasteiger charge is 2.00. The molecule has 0 amide bonds. The Bertz CT molecular complexity index is 273. The first kappa shape index (κ1) is 11.0. The van der Waals surface area contributed by atoms with Crippen molar-refractivity contribution in [1.29, 1.82) is 0 Å². The smallest absolute Gasteiger partial charge is 0.0421 e. The molecular weight excluding hydrogens is 174 g/mol. The van der Waals surface area contributed by atoms with Gasteiger partial charge in [0.1, 0.15) is 0 Å². The maximum atomic E-state index is 5.47. The predicted molar refractivity (Wildman–Crippen MR) is 60.6 cm³/mol. The zero-order valence-corrected chi connectivity index (χ0v) is 9.03. The van der Waals surface area contributed by atoms with Gasteiger partial charge in [-0.2, -0.15) is 0 Å². The number of nitrogens with two attached hydrogens (primary N) is 1. The summed E-state index contributed by atoms with van der Waals surface area (Å²) in [6.45, 7) is 3.87. The molecule has 1 heterocycles. The van der Waals surface area contributed by atoms with Crippen LogP contribution < -0.4 is 10.6 Å². The number of anilines is 1. The lowest BCUT2D eigenvalue weighted by Gasteiger charge is -2.19. The molecule has 0 saturated heterocycles. The predicted octanol–water partition coefficient (Wildman–Crippen LogP) is 1.43. The molecule has 0 saturated carbocycles. The average Bonchev–Trinajstić information content (AvgIpc) is 2.26. The lowest BCUT2D eigenvalue weighted by atomic mass is 10.2. The number of pyridine rings is 1. The van der Waals surface area contributed by atoms with Crippen LogP contribution in [-0.2, 0) is 6.42 Å². The number of aromatic nitrogens is 1. The van der Waals surface area contributed by atoms with Crippen LogP contribution in [0.5, 0.6) is 0 Å². The van der Waals surface area contributed by atoms with E-state index in [1.165, 1.54) is 5.69 Å². The van der Waals surface area contributed by atoms with E-state index in [0.717, 1.165) is 31.6 Å². The summed E-state index contributed by atoms with van der Waals surface area (Å²) < 4.78 is 0. The largest absolute Gasteiger partial charge is 0.374 e. The highest BCUT2D eigenvalue weighted by molar-refractivity contribution is 5.45. The second kappa shape index (κ2) is 5.60. The van der Waals surface area contributed by atoms with Gasteiger partial charge in [-0.1, -0.05) is 6.92 Å². The molecule has 14 heavy (non-hydrogen) atoms. The van der Waals surface area contributed by atoms with Crippen LogP contribution >= 0.6 is 0 Å². The maximum absolute atomic E-state index is 5.47. The van der Waals surface area contributed by atoms with Crippen molar-refractivity contribution in [2.75, 3.05) is 25.0 Å².